The maximum atomic E-state index is 12.6. The van der Waals surface area contributed by atoms with E-state index in [1.54, 1.807) is 41.5 Å². The summed E-state index contributed by atoms with van der Waals surface area (Å²) in [4.78, 5) is 66.0. The number of ether oxygens (including phenoxy) is 2. The molecule has 13 heteroatoms. The van der Waals surface area contributed by atoms with E-state index in [2.05, 4.69) is 26.3 Å². The van der Waals surface area contributed by atoms with Crippen LogP contribution in [0.4, 0.5) is 9.93 Å². The van der Waals surface area contributed by atoms with Crippen molar-refractivity contribution >= 4 is 46.3 Å². The van der Waals surface area contributed by atoms with Crippen LogP contribution < -0.4 is 21.3 Å². The fraction of sp³-hybridized carbons (Fsp3) is 0.462. The van der Waals surface area contributed by atoms with Gasteiger partial charge in [0, 0.05) is 11.9 Å². The molecule has 1 atom stereocenters. The molecule has 0 fully saturated rings. The molecule has 0 unspecified atom stereocenters. The molecule has 0 radical (unpaired) electrons. The van der Waals surface area contributed by atoms with Crippen molar-refractivity contribution in [1.82, 2.24) is 20.9 Å². The number of nitrogens with one attached hydrogen (secondary N) is 4. The molecule has 12 nitrogen and oxygen atoms in total. The highest BCUT2D eigenvalue weighted by Gasteiger charge is 2.31. The number of hydrogen-bond acceptors (Lipinski definition) is 9. The fourth-order valence-electron chi connectivity index (χ4n) is 2.97. The lowest BCUT2D eigenvalue weighted by molar-refractivity contribution is -0.165. The van der Waals surface area contributed by atoms with E-state index in [0.717, 1.165) is 16.9 Å². The molecule has 0 spiro atoms. The molecule has 0 aliphatic rings. The number of nitrogens with zero attached hydrogens (tertiary/aromatic N) is 1. The molecule has 0 saturated heterocycles. The summed E-state index contributed by atoms with van der Waals surface area (Å²) in [5.74, 6) is -2.90. The van der Waals surface area contributed by atoms with Crippen LogP contribution in [-0.2, 0) is 30.4 Å². The largest absolute Gasteiger partial charge is 0.460 e. The fourth-order valence-corrected chi connectivity index (χ4v) is 3.65. The number of aromatic nitrogens is 1. The molecule has 212 valence electrons. The third-order valence-electron chi connectivity index (χ3n) is 4.48. The van der Waals surface area contributed by atoms with Crippen molar-refractivity contribution < 1.29 is 33.4 Å². The van der Waals surface area contributed by atoms with Gasteiger partial charge in [-0.25, -0.2) is 14.6 Å². The van der Waals surface area contributed by atoms with Gasteiger partial charge in [-0.2, -0.15) is 0 Å². The monoisotopic (exact) mass is 561 g/mol. The molecule has 39 heavy (non-hydrogen) atoms. The summed E-state index contributed by atoms with van der Waals surface area (Å²) in [6.45, 7) is 9.82. The lowest BCUT2D eigenvalue weighted by atomic mass is 10.1. The standard InChI is InChI=1S/C26H35N5O7S/c1-25(2,3)37-20(33)12-17(22(35)38-26(4,5)6)29-19(32)14-27-21(34)18-15-39-24(30-18)31-23(36)28-13-16-10-8-7-9-11-16/h7-11,15,17H,12-14H2,1-6H3,(H,27,34)(H,29,32)(H2,28,30,31,36)/t17-/m0/s1. The van der Waals surface area contributed by atoms with E-state index in [1.165, 1.54) is 5.38 Å². The summed E-state index contributed by atoms with van der Waals surface area (Å²) < 4.78 is 10.6. The van der Waals surface area contributed by atoms with Crippen molar-refractivity contribution in [1.29, 1.82) is 0 Å². The van der Waals surface area contributed by atoms with Gasteiger partial charge in [0.15, 0.2) is 5.13 Å². The predicted octanol–water partition coefficient (Wildman–Crippen LogP) is 2.75. The zero-order valence-electron chi connectivity index (χ0n) is 22.9. The van der Waals surface area contributed by atoms with Gasteiger partial charge in [-0.1, -0.05) is 30.3 Å². The number of rotatable bonds is 10. The zero-order chi connectivity index (χ0) is 29.2. The molecular weight excluding hydrogens is 526 g/mol. The SMILES string of the molecule is CC(C)(C)OC(=O)C[C@H](NC(=O)CNC(=O)c1csc(NC(=O)NCc2ccccc2)n1)C(=O)OC(C)(C)C. The Balaban J connectivity index is 1.89. The van der Waals surface area contributed by atoms with Crippen LogP contribution in [0, 0.1) is 0 Å². The molecule has 2 aromatic rings. The molecule has 1 heterocycles. The molecular formula is C26H35N5O7S. The van der Waals surface area contributed by atoms with Crippen molar-refractivity contribution in [3.63, 3.8) is 0 Å². The third-order valence-corrected chi connectivity index (χ3v) is 5.24. The first-order valence-corrected chi connectivity index (χ1v) is 13.1. The van der Waals surface area contributed by atoms with Crippen molar-refractivity contribution in [2.24, 2.45) is 0 Å². The highest BCUT2D eigenvalue weighted by atomic mass is 32.1. The number of benzene rings is 1. The molecule has 0 aliphatic heterocycles. The lowest BCUT2D eigenvalue weighted by Crippen LogP contribution is -2.49. The Hall–Kier alpha value is -4.00. The number of anilines is 1. The number of thiazole rings is 1. The quantitative estimate of drug-likeness (QED) is 0.322. The van der Waals surface area contributed by atoms with Gasteiger partial charge in [-0.3, -0.25) is 19.7 Å². The van der Waals surface area contributed by atoms with Crippen LogP contribution in [-0.4, -0.2) is 58.6 Å². The average molecular weight is 562 g/mol. The Labute approximate surface area is 231 Å². The first-order chi connectivity index (χ1) is 18.1. The second-order valence-electron chi connectivity index (χ2n) is 10.5. The zero-order valence-corrected chi connectivity index (χ0v) is 23.7. The van der Waals surface area contributed by atoms with Crippen molar-refractivity contribution in [2.75, 3.05) is 11.9 Å². The van der Waals surface area contributed by atoms with Gasteiger partial charge >= 0.3 is 18.0 Å². The van der Waals surface area contributed by atoms with Gasteiger partial charge in [0.05, 0.1) is 13.0 Å². The van der Waals surface area contributed by atoms with Crippen molar-refractivity contribution in [2.45, 2.75) is 71.8 Å². The minimum atomic E-state index is -1.31. The Bertz CT molecular complexity index is 1170. The van der Waals surface area contributed by atoms with Crippen LogP contribution in [0.3, 0.4) is 0 Å². The smallest absolute Gasteiger partial charge is 0.329 e. The minimum Gasteiger partial charge on any atom is -0.460 e. The topological polar surface area (TPSA) is 165 Å². The van der Waals surface area contributed by atoms with E-state index in [9.17, 15) is 24.0 Å². The summed E-state index contributed by atoms with van der Waals surface area (Å²) in [6, 6.07) is 7.54. The highest BCUT2D eigenvalue weighted by Crippen LogP contribution is 2.16. The van der Waals surface area contributed by atoms with Crippen molar-refractivity contribution in [3.05, 3.63) is 47.0 Å². The second kappa shape index (κ2) is 13.7. The summed E-state index contributed by atoms with van der Waals surface area (Å²) in [7, 11) is 0. The predicted molar refractivity (Wildman–Crippen MR) is 145 cm³/mol. The first kappa shape index (κ1) is 31.2. The molecule has 1 aromatic heterocycles. The molecule has 2 rings (SSSR count). The minimum absolute atomic E-state index is 0.0105. The van der Waals surface area contributed by atoms with Crippen molar-refractivity contribution in [3.8, 4) is 0 Å². The molecule has 1 aromatic carbocycles. The van der Waals surface area contributed by atoms with Crippen LogP contribution >= 0.6 is 11.3 Å². The summed E-state index contributed by atoms with van der Waals surface area (Å²) in [5.41, 5.74) is -0.720. The average Bonchev–Trinajstić information content (AvgIpc) is 3.27. The Morgan fingerprint density at radius 2 is 1.56 bits per heavy atom. The van der Waals surface area contributed by atoms with E-state index in [0.29, 0.717) is 6.54 Å². The summed E-state index contributed by atoms with van der Waals surface area (Å²) in [6.07, 6.45) is -0.445. The van der Waals surface area contributed by atoms with Gasteiger partial charge in [0.2, 0.25) is 5.91 Å². The molecule has 0 saturated carbocycles. The van der Waals surface area contributed by atoms with E-state index in [1.807, 2.05) is 30.3 Å². The summed E-state index contributed by atoms with van der Waals surface area (Å²) in [5, 5.41) is 11.6. The number of amides is 4. The molecule has 4 N–H and O–H groups in total. The molecule has 0 aliphatic carbocycles. The third kappa shape index (κ3) is 12.4. The normalized spacial score (nSPS) is 12.1. The summed E-state index contributed by atoms with van der Waals surface area (Å²) >= 11 is 1.04. The van der Waals surface area contributed by atoms with Gasteiger partial charge < -0.3 is 25.4 Å². The van der Waals surface area contributed by atoms with Crippen LogP contribution in [0.5, 0.6) is 0 Å². The van der Waals surface area contributed by atoms with Crippen LogP contribution in [0.25, 0.3) is 0 Å². The number of esters is 2. The molecule has 4 amide bonds. The van der Waals surface area contributed by atoms with E-state index < -0.39 is 60.0 Å². The van der Waals surface area contributed by atoms with E-state index >= 15 is 0 Å². The maximum absolute atomic E-state index is 12.6. The van der Waals surface area contributed by atoms with Gasteiger partial charge in [0.25, 0.3) is 5.91 Å². The first-order valence-electron chi connectivity index (χ1n) is 12.2. The highest BCUT2D eigenvalue weighted by molar-refractivity contribution is 7.14. The van der Waals surface area contributed by atoms with Crippen LogP contribution in [0.15, 0.2) is 35.7 Å². The van der Waals surface area contributed by atoms with Gasteiger partial charge in [-0.05, 0) is 47.1 Å². The van der Waals surface area contributed by atoms with E-state index in [4.69, 9.17) is 9.47 Å². The maximum Gasteiger partial charge on any atom is 0.329 e. The van der Waals surface area contributed by atoms with E-state index in [-0.39, 0.29) is 10.8 Å². The number of urea groups is 1. The second-order valence-corrected chi connectivity index (χ2v) is 11.3. The lowest BCUT2D eigenvalue weighted by Gasteiger charge is -2.25. The van der Waals surface area contributed by atoms with Gasteiger partial charge in [0.1, 0.15) is 22.9 Å². The Morgan fingerprint density at radius 1 is 0.923 bits per heavy atom. The number of hydrogen-bond donors (Lipinski definition) is 4. The Kier molecular flexibility index (Phi) is 11.0. The van der Waals surface area contributed by atoms with Crippen LogP contribution in [0.1, 0.15) is 64.0 Å². The van der Waals surface area contributed by atoms with Crippen LogP contribution in [0.2, 0.25) is 0 Å². The molecule has 0 bridgehead atoms. The number of carbonyl (C=O) groups is 5. The van der Waals surface area contributed by atoms with Gasteiger partial charge in [-0.15, -0.1) is 11.3 Å². The Morgan fingerprint density at radius 3 is 2.18 bits per heavy atom. The number of carbonyl (C=O) groups excluding carboxylic acids is 5.